The highest BCUT2D eigenvalue weighted by Gasteiger charge is 1.96. The zero-order valence-corrected chi connectivity index (χ0v) is 7.12. The Morgan fingerprint density at radius 1 is 1.46 bits per heavy atom. The number of rotatable bonds is 3. The average molecular weight is 177 g/mol. The van der Waals surface area contributed by atoms with Crippen LogP contribution >= 0.6 is 0 Å². The topological polar surface area (TPSA) is 60.9 Å². The van der Waals surface area contributed by atoms with E-state index in [9.17, 15) is 0 Å². The molecule has 4 nitrogen and oxygen atoms in total. The predicted molar refractivity (Wildman–Crippen MR) is 51.7 cm³/mol. The minimum absolute atomic E-state index is 0.140. The van der Waals surface area contributed by atoms with Gasteiger partial charge in [0.05, 0.1) is 18.3 Å². The van der Waals surface area contributed by atoms with Crippen LogP contribution in [0.4, 0.5) is 5.69 Å². The van der Waals surface area contributed by atoms with Gasteiger partial charge in [-0.15, -0.1) is 0 Å². The van der Waals surface area contributed by atoms with Crippen LogP contribution in [0.5, 0.6) is 0 Å². The molecule has 0 saturated carbocycles. The zero-order valence-electron chi connectivity index (χ0n) is 7.12. The summed E-state index contributed by atoms with van der Waals surface area (Å²) in [6.07, 6.45) is 1.78. The van der Waals surface area contributed by atoms with Gasteiger partial charge in [0, 0.05) is 17.6 Å². The molecule has 0 aliphatic heterocycles. The normalized spacial score (nSPS) is 10.5. The second-order valence-corrected chi connectivity index (χ2v) is 2.82. The maximum Gasteiger partial charge on any atom is 0.0670 e. The quantitative estimate of drug-likeness (QED) is 0.654. The first-order chi connectivity index (χ1) is 6.40. The SMILES string of the molecule is OCCNc1ccc2cn[nH]c2c1. The monoisotopic (exact) mass is 177 g/mol. The number of nitrogens with zero attached hydrogens (tertiary/aromatic N) is 1. The van der Waals surface area contributed by atoms with Gasteiger partial charge in [-0.1, -0.05) is 0 Å². The summed E-state index contributed by atoms with van der Waals surface area (Å²) in [5.74, 6) is 0. The van der Waals surface area contributed by atoms with Gasteiger partial charge in [0.15, 0.2) is 0 Å². The van der Waals surface area contributed by atoms with Crippen LogP contribution < -0.4 is 5.32 Å². The van der Waals surface area contributed by atoms with E-state index in [2.05, 4.69) is 15.5 Å². The highest BCUT2D eigenvalue weighted by Crippen LogP contribution is 2.15. The van der Waals surface area contributed by atoms with Crippen LogP contribution in [0.1, 0.15) is 0 Å². The number of aliphatic hydroxyl groups is 1. The first kappa shape index (κ1) is 8.07. The summed E-state index contributed by atoms with van der Waals surface area (Å²) in [7, 11) is 0. The molecule has 2 rings (SSSR count). The van der Waals surface area contributed by atoms with E-state index in [4.69, 9.17) is 5.11 Å². The second-order valence-electron chi connectivity index (χ2n) is 2.82. The molecular weight excluding hydrogens is 166 g/mol. The van der Waals surface area contributed by atoms with Crippen molar-refractivity contribution in [3.8, 4) is 0 Å². The molecule has 13 heavy (non-hydrogen) atoms. The van der Waals surface area contributed by atoms with E-state index in [1.54, 1.807) is 6.20 Å². The Balaban J connectivity index is 2.26. The molecule has 0 amide bonds. The lowest BCUT2D eigenvalue weighted by Crippen LogP contribution is -2.04. The van der Waals surface area contributed by atoms with Crippen molar-refractivity contribution in [2.75, 3.05) is 18.5 Å². The van der Waals surface area contributed by atoms with Gasteiger partial charge in [-0.2, -0.15) is 5.10 Å². The fraction of sp³-hybridized carbons (Fsp3) is 0.222. The van der Waals surface area contributed by atoms with E-state index >= 15 is 0 Å². The van der Waals surface area contributed by atoms with Gasteiger partial charge in [0.25, 0.3) is 0 Å². The van der Waals surface area contributed by atoms with Gasteiger partial charge < -0.3 is 10.4 Å². The van der Waals surface area contributed by atoms with Gasteiger partial charge in [0.1, 0.15) is 0 Å². The van der Waals surface area contributed by atoms with E-state index in [1.807, 2.05) is 18.2 Å². The number of benzene rings is 1. The minimum atomic E-state index is 0.140. The summed E-state index contributed by atoms with van der Waals surface area (Å²) in [4.78, 5) is 0. The van der Waals surface area contributed by atoms with E-state index in [0.29, 0.717) is 6.54 Å². The van der Waals surface area contributed by atoms with Crippen molar-refractivity contribution in [2.45, 2.75) is 0 Å². The Hall–Kier alpha value is -1.55. The summed E-state index contributed by atoms with van der Waals surface area (Å²) >= 11 is 0. The van der Waals surface area contributed by atoms with Crippen molar-refractivity contribution < 1.29 is 5.11 Å². The van der Waals surface area contributed by atoms with Crippen LogP contribution in [0.25, 0.3) is 10.9 Å². The smallest absolute Gasteiger partial charge is 0.0670 e. The molecule has 0 saturated heterocycles. The number of hydrogen-bond acceptors (Lipinski definition) is 3. The van der Waals surface area contributed by atoms with Gasteiger partial charge in [-0.3, -0.25) is 5.10 Å². The van der Waals surface area contributed by atoms with Gasteiger partial charge in [0.2, 0.25) is 0 Å². The first-order valence-corrected chi connectivity index (χ1v) is 4.18. The lowest BCUT2D eigenvalue weighted by molar-refractivity contribution is 0.311. The minimum Gasteiger partial charge on any atom is -0.395 e. The predicted octanol–water partition coefficient (Wildman–Crippen LogP) is 0.967. The molecule has 0 atom stereocenters. The zero-order chi connectivity index (χ0) is 9.10. The molecular formula is C9H11N3O. The number of aromatic nitrogens is 2. The van der Waals surface area contributed by atoms with Crippen LogP contribution in [-0.2, 0) is 0 Å². The number of anilines is 1. The number of aromatic amines is 1. The van der Waals surface area contributed by atoms with Crippen molar-refractivity contribution in [1.82, 2.24) is 10.2 Å². The Labute approximate surface area is 75.6 Å². The second kappa shape index (κ2) is 3.45. The summed E-state index contributed by atoms with van der Waals surface area (Å²) in [5.41, 5.74) is 1.99. The largest absolute Gasteiger partial charge is 0.395 e. The summed E-state index contributed by atoms with van der Waals surface area (Å²) in [6.45, 7) is 0.709. The fourth-order valence-corrected chi connectivity index (χ4v) is 1.25. The lowest BCUT2D eigenvalue weighted by Gasteiger charge is -2.02. The summed E-state index contributed by atoms with van der Waals surface area (Å²) in [6, 6.07) is 5.92. The van der Waals surface area contributed by atoms with Crippen molar-refractivity contribution in [3.63, 3.8) is 0 Å². The lowest BCUT2D eigenvalue weighted by atomic mass is 10.2. The number of hydrogen-bond donors (Lipinski definition) is 3. The van der Waals surface area contributed by atoms with Gasteiger partial charge >= 0.3 is 0 Å². The molecule has 0 aliphatic rings. The number of H-pyrrole nitrogens is 1. The van der Waals surface area contributed by atoms with Crippen LogP contribution in [-0.4, -0.2) is 28.5 Å². The molecule has 2 aromatic rings. The standard InChI is InChI=1S/C9H11N3O/c13-4-3-10-8-2-1-7-6-11-12-9(7)5-8/h1-2,5-6,10,13H,3-4H2,(H,11,12). The third kappa shape index (κ3) is 1.62. The van der Waals surface area contributed by atoms with Crippen LogP contribution in [0.15, 0.2) is 24.4 Å². The fourth-order valence-electron chi connectivity index (χ4n) is 1.25. The Bertz CT molecular complexity index is 396. The molecule has 0 spiro atoms. The van der Waals surface area contributed by atoms with Crippen molar-refractivity contribution >= 4 is 16.6 Å². The molecule has 0 unspecified atom stereocenters. The molecule has 0 aliphatic carbocycles. The molecule has 1 aromatic carbocycles. The van der Waals surface area contributed by atoms with E-state index in [-0.39, 0.29) is 6.61 Å². The highest BCUT2D eigenvalue weighted by atomic mass is 16.3. The maximum atomic E-state index is 8.62. The molecule has 0 radical (unpaired) electrons. The molecule has 0 bridgehead atoms. The Kier molecular flexibility index (Phi) is 2.14. The third-order valence-corrected chi connectivity index (χ3v) is 1.88. The van der Waals surface area contributed by atoms with E-state index in [0.717, 1.165) is 16.6 Å². The van der Waals surface area contributed by atoms with Crippen molar-refractivity contribution in [3.05, 3.63) is 24.4 Å². The summed E-state index contributed by atoms with van der Waals surface area (Å²) < 4.78 is 0. The maximum absolute atomic E-state index is 8.62. The molecule has 4 heteroatoms. The van der Waals surface area contributed by atoms with E-state index < -0.39 is 0 Å². The number of nitrogens with one attached hydrogen (secondary N) is 2. The number of aliphatic hydroxyl groups excluding tert-OH is 1. The molecule has 1 aromatic heterocycles. The van der Waals surface area contributed by atoms with Crippen LogP contribution in [0, 0.1) is 0 Å². The Morgan fingerprint density at radius 2 is 2.38 bits per heavy atom. The Morgan fingerprint density at radius 3 is 3.23 bits per heavy atom. The molecule has 0 fully saturated rings. The number of fused-ring (bicyclic) bond motifs is 1. The highest BCUT2D eigenvalue weighted by molar-refractivity contribution is 5.81. The van der Waals surface area contributed by atoms with Crippen molar-refractivity contribution in [2.24, 2.45) is 0 Å². The summed E-state index contributed by atoms with van der Waals surface area (Å²) in [5, 5.41) is 19.6. The first-order valence-electron chi connectivity index (χ1n) is 4.18. The third-order valence-electron chi connectivity index (χ3n) is 1.88. The van der Waals surface area contributed by atoms with Gasteiger partial charge in [-0.05, 0) is 18.2 Å². The van der Waals surface area contributed by atoms with Gasteiger partial charge in [-0.25, -0.2) is 0 Å². The molecule has 68 valence electrons. The average Bonchev–Trinajstić information content (AvgIpc) is 2.61. The van der Waals surface area contributed by atoms with Crippen LogP contribution in [0.2, 0.25) is 0 Å². The van der Waals surface area contributed by atoms with E-state index in [1.165, 1.54) is 0 Å². The van der Waals surface area contributed by atoms with Crippen LogP contribution in [0.3, 0.4) is 0 Å². The molecule has 1 heterocycles. The molecule has 3 N–H and O–H groups in total. The van der Waals surface area contributed by atoms with Crippen molar-refractivity contribution in [1.29, 1.82) is 0 Å².